The first-order valence-corrected chi connectivity index (χ1v) is 11.1. The maximum absolute atomic E-state index is 13.7. The van der Waals surface area contributed by atoms with Crippen molar-refractivity contribution < 1.29 is 9.59 Å². The van der Waals surface area contributed by atoms with Crippen molar-refractivity contribution in [2.24, 2.45) is 0 Å². The molecular formula is C26H31N3O2. The molecule has 0 N–H and O–H groups in total. The Bertz CT molecular complexity index is 1000. The van der Waals surface area contributed by atoms with Gasteiger partial charge in [0.2, 0.25) is 0 Å². The Kier molecular flexibility index (Phi) is 5.96. The molecule has 0 radical (unpaired) electrons. The van der Waals surface area contributed by atoms with Crippen LogP contribution in [0.3, 0.4) is 0 Å². The largest absolute Gasteiger partial charge is 0.366 e. The fourth-order valence-electron chi connectivity index (χ4n) is 4.51. The minimum atomic E-state index is -0.243. The molecule has 5 nitrogen and oxygen atoms in total. The number of piperidine rings is 1. The number of hydrogen-bond acceptors (Lipinski definition) is 4. The Balaban J connectivity index is 1.76. The molecule has 31 heavy (non-hydrogen) atoms. The molecule has 0 atom stereocenters. The van der Waals surface area contributed by atoms with Gasteiger partial charge in [-0.05, 0) is 69.6 Å². The zero-order valence-corrected chi connectivity index (χ0v) is 18.9. The lowest BCUT2D eigenvalue weighted by Crippen LogP contribution is -2.43. The SMILES string of the molecule is CCc1ccc(N2C(=O)C(c3ccc(C)cc3)=C(N(C)C3CCN(C)CC3)C2=O)cc1. The van der Waals surface area contributed by atoms with E-state index >= 15 is 0 Å². The van der Waals surface area contributed by atoms with Crippen LogP contribution in [0.1, 0.15) is 36.5 Å². The van der Waals surface area contributed by atoms with Gasteiger partial charge in [-0.1, -0.05) is 48.9 Å². The molecule has 2 heterocycles. The minimum Gasteiger partial charge on any atom is -0.366 e. The van der Waals surface area contributed by atoms with Crippen molar-refractivity contribution in [2.75, 3.05) is 32.1 Å². The lowest BCUT2D eigenvalue weighted by molar-refractivity contribution is -0.120. The van der Waals surface area contributed by atoms with Crippen LogP contribution in [-0.2, 0) is 16.0 Å². The van der Waals surface area contributed by atoms with E-state index in [2.05, 4.69) is 23.8 Å². The summed E-state index contributed by atoms with van der Waals surface area (Å²) in [5.74, 6) is -0.473. The summed E-state index contributed by atoms with van der Waals surface area (Å²) in [7, 11) is 4.09. The summed E-state index contributed by atoms with van der Waals surface area (Å²) in [6.07, 6.45) is 2.87. The van der Waals surface area contributed by atoms with E-state index < -0.39 is 0 Å². The molecular weight excluding hydrogens is 386 g/mol. The van der Waals surface area contributed by atoms with E-state index in [-0.39, 0.29) is 17.9 Å². The monoisotopic (exact) mass is 417 g/mol. The van der Waals surface area contributed by atoms with Gasteiger partial charge in [0, 0.05) is 13.1 Å². The van der Waals surface area contributed by atoms with Crippen molar-refractivity contribution in [1.82, 2.24) is 9.80 Å². The predicted molar refractivity (Wildman–Crippen MR) is 125 cm³/mol. The number of imide groups is 1. The van der Waals surface area contributed by atoms with Crippen LogP contribution in [0.25, 0.3) is 5.57 Å². The van der Waals surface area contributed by atoms with Gasteiger partial charge < -0.3 is 9.80 Å². The van der Waals surface area contributed by atoms with E-state index in [0.717, 1.165) is 43.5 Å². The molecule has 2 aliphatic rings. The van der Waals surface area contributed by atoms with Gasteiger partial charge >= 0.3 is 0 Å². The van der Waals surface area contributed by atoms with Crippen molar-refractivity contribution >= 4 is 23.1 Å². The Morgan fingerprint density at radius 2 is 1.55 bits per heavy atom. The van der Waals surface area contributed by atoms with E-state index in [1.807, 2.05) is 62.5 Å². The quantitative estimate of drug-likeness (QED) is 0.693. The normalized spacial score (nSPS) is 18.3. The second-order valence-electron chi connectivity index (χ2n) is 8.70. The van der Waals surface area contributed by atoms with Gasteiger partial charge in [0.05, 0.1) is 11.3 Å². The van der Waals surface area contributed by atoms with E-state index in [0.29, 0.717) is 17.0 Å². The highest BCUT2D eigenvalue weighted by atomic mass is 16.2. The first-order valence-electron chi connectivity index (χ1n) is 11.1. The van der Waals surface area contributed by atoms with Crippen LogP contribution in [-0.4, -0.2) is 54.8 Å². The van der Waals surface area contributed by atoms with Crippen molar-refractivity contribution in [3.05, 3.63) is 70.9 Å². The van der Waals surface area contributed by atoms with E-state index in [1.54, 1.807) is 0 Å². The number of carbonyl (C=O) groups excluding carboxylic acids is 2. The Labute approximate surface area is 184 Å². The van der Waals surface area contributed by atoms with Crippen LogP contribution in [0.4, 0.5) is 5.69 Å². The molecule has 0 bridgehead atoms. The molecule has 0 aromatic heterocycles. The molecule has 162 valence electrons. The lowest BCUT2D eigenvalue weighted by atomic mass is 9.99. The smallest absolute Gasteiger partial charge is 0.282 e. The third kappa shape index (κ3) is 4.02. The number of carbonyl (C=O) groups is 2. The Morgan fingerprint density at radius 3 is 2.13 bits per heavy atom. The van der Waals surface area contributed by atoms with Crippen LogP contribution in [0.2, 0.25) is 0 Å². The van der Waals surface area contributed by atoms with Gasteiger partial charge in [0.15, 0.2) is 0 Å². The molecule has 2 amide bonds. The number of aryl methyl sites for hydroxylation is 2. The molecule has 5 heteroatoms. The van der Waals surface area contributed by atoms with Gasteiger partial charge in [0.1, 0.15) is 5.70 Å². The van der Waals surface area contributed by atoms with Gasteiger partial charge in [-0.25, -0.2) is 4.90 Å². The molecule has 0 saturated carbocycles. The molecule has 0 aliphatic carbocycles. The average Bonchev–Trinajstić information content (AvgIpc) is 3.04. The Hall–Kier alpha value is -2.92. The van der Waals surface area contributed by atoms with Crippen LogP contribution in [0, 0.1) is 6.92 Å². The van der Waals surface area contributed by atoms with Crippen molar-refractivity contribution in [2.45, 2.75) is 39.2 Å². The van der Waals surface area contributed by atoms with Gasteiger partial charge in [-0.2, -0.15) is 0 Å². The number of likely N-dealkylation sites (tertiary alicyclic amines) is 1. The number of amides is 2. The standard InChI is InChI=1S/C26H31N3O2/c1-5-19-8-12-22(13-9-19)29-25(30)23(20-10-6-18(2)7-11-20)24(26(29)31)28(4)21-14-16-27(3)17-15-21/h6-13,21H,5,14-17H2,1-4H3. The highest BCUT2D eigenvalue weighted by Crippen LogP contribution is 2.36. The van der Waals surface area contributed by atoms with Gasteiger partial charge in [-0.3, -0.25) is 9.59 Å². The third-order valence-corrected chi connectivity index (χ3v) is 6.59. The number of nitrogens with zero attached hydrogens (tertiary/aromatic N) is 3. The molecule has 0 unspecified atom stereocenters. The van der Waals surface area contributed by atoms with Crippen molar-refractivity contribution in [1.29, 1.82) is 0 Å². The third-order valence-electron chi connectivity index (χ3n) is 6.59. The maximum atomic E-state index is 13.7. The molecule has 1 saturated heterocycles. The highest BCUT2D eigenvalue weighted by Gasteiger charge is 2.43. The number of rotatable bonds is 5. The first kappa shape index (κ1) is 21.3. The second kappa shape index (κ2) is 8.67. The van der Waals surface area contributed by atoms with E-state index in [1.165, 1.54) is 10.5 Å². The molecule has 2 aliphatic heterocycles. The topological polar surface area (TPSA) is 43.9 Å². The summed E-state index contributed by atoms with van der Waals surface area (Å²) in [5, 5.41) is 0. The number of hydrogen-bond donors (Lipinski definition) is 0. The Morgan fingerprint density at radius 1 is 0.935 bits per heavy atom. The first-order chi connectivity index (χ1) is 14.9. The summed E-state index contributed by atoms with van der Waals surface area (Å²) in [4.78, 5) is 33.0. The number of benzene rings is 2. The number of likely N-dealkylation sites (N-methyl/N-ethyl adjacent to an activating group) is 1. The lowest BCUT2D eigenvalue weighted by Gasteiger charge is -2.36. The average molecular weight is 418 g/mol. The molecule has 2 aromatic rings. The summed E-state index contributed by atoms with van der Waals surface area (Å²) >= 11 is 0. The summed E-state index contributed by atoms with van der Waals surface area (Å²) in [5.41, 5.74) is 4.75. The molecule has 1 fully saturated rings. The molecule has 0 spiro atoms. The fourth-order valence-corrected chi connectivity index (χ4v) is 4.51. The summed E-state index contributed by atoms with van der Waals surface area (Å²) < 4.78 is 0. The van der Waals surface area contributed by atoms with Gasteiger partial charge in [0.25, 0.3) is 11.8 Å². The van der Waals surface area contributed by atoms with Crippen LogP contribution >= 0.6 is 0 Å². The van der Waals surface area contributed by atoms with Crippen LogP contribution in [0.15, 0.2) is 54.2 Å². The zero-order valence-electron chi connectivity index (χ0n) is 18.9. The highest BCUT2D eigenvalue weighted by molar-refractivity contribution is 6.45. The number of anilines is 1. The zero-order chi connectivity index (χ0) is 22.1. The summed E-state index contributed by atoms with van der Waals surface area (Å²) in [6.45, 7) is 6.10. The van der Waals surface area contributed by atoms with Crippen molar-refractivity contribution in [3.63, 3.8) is 0 Å². The van der Waals surface area contributed by atoms with E-state index in [9.17, 15) is 9.59 Å². The second-order valence-corrected chi connectivity index (χ2v) is 8.70. The fraction of sp³-hybridized carbons (Fsp3) is 0.385. The maximum Gasteiger partial charge on any atom is 0.282 e. The van der Waals surface area contributed by atoms with Gasteiger partial charge in [-0.15, -0.1) is 0 Å². The van der Waals surface area contributed by atoms with Crippen molar-refractivity contribution in [3.8, 4) is 0 Å². The predicted octanol–water partition coefficient (Wildman–Crippen LogP) is 3.87. The molecule has 4 rings (SSSR count). The minimum absolute atomic E-state index is 0.230. The molecule has 2 aromatic carbocycles. The van der Waals surface area contributed by atoms with E-state index in [4.69, 9.17) is 0 Å². The van der Waals surface area contributed by atoms with Crippen LogP contribution < -0.4 is 4.90 Å². The summed E-state index contributed by atoms with van der Waals surface area (Å²) in [6, 6.07) is 15.8. The van der Waals surface area contributed by atoms with Crippen LogP contribution in [0.5, 0.6) is 0 Å².